The summed E-state index contributed by atoms with van der Waals surface area (Å²) < 4.78 is 27.6. The van der Waals surface area contributed by atoms with Crippen LogP contribution >= 0.6 is 0 Å². The van der Waals surface area contributed by atoms with Crippen molar-refractivity contribution in [2.75, 3.05) is 37.7 Å². The van der Waals surface area contributed by atoms with Gasteiger partial charge in [-0.25, -0.2) is 14.2 Å². The van der Waals surface area contributed by atoms with Gasteiger partial charge in [0.1, 0.15) is 23.7 Å². The highest BCUT2D eigenvalue weighted by Gasteiger charge is 2.31. The van der Waals surface area contributed by atoms with Gasteiger partial charge in [0.25, 0.3) is 0 Å². The Labute approximate surface area is 187 Å². The zero-order chi connectivity index (χ0) is 23.0. The number of carbonyl (C=O) groups is 2. The maximum absolute atomic E-state index is 15.0. The van der Waals surface area contributed by atoms with E-state index in [1.807, 2.05) is 31.7 Å². The van der Waals surface area contributed by atoms with Crippen molar-refractivity contribution in [2.45, 2.75) is 58.6 Å². The maximum Gasteiger partial charge on any atom is 0.410 e. The Balaban J connectivity index is 1.55. The Kier molecular flexibility index (Phi) is 6.01. The molecule has 1 amide bonds. The van der Waals surface area contributed by atoms with Gasteiger partial charge in [0, 0.05) is 38.3 Å². The molecular weight excluding hydrogens is 415 g/mol. The first kappa shape index (κ1) is 22.4. The van der Waals surface area contributed by atoms with Crippen LogP contribution in [-0.4, -0.2) is 64.9 Å². The van der Waals surface area contributed by atoms with E-state index in [2.05, 4.69) is 9.55 Å². The molecule has 2 fully saturated rings. The van der Waals surface area contributed by atoms with Crippen molar-refractivity contribution in [3.05, 3.63) is 23.8 Å². The summed E-state index contributed by atoms with van der Waals surface area (Å²) in [5.41, 5.74) is 1.32. The van der Waals surface area contributed by atoms with Gasteiger partial charge in [0.05, 0.1) is 23.3 Å². The fourth-order valence-electron chi connectivity index (χ4n) is 4.06. The molecule has 2 heterocycles. The predicted molar refractivity (Wildman–Crippen MR) is 118 cm³/mol. The number of aromatic nitrogens is 2. The molecule has 8 nitrogen and oxygen atoms in total. The number of benzene rings is 1. The largest absolute Gasteiger partial charge is 0.466 e. The van der Waals surface area contributed by atoms with Crippen LogP contribution in [0.2, 0.25) is 0 Å². The lowest BCUT2D eigenvalue weighted by Crippen LogP contribution is -2.50. The molecule has 0 radical (unpaired) electrons. The molecule has 4 rings (SSSR count). The first-order chi connectivity index (χ1) is 15.2. The van der Waals surface area contributed by atoms with Crippen LogP contribution < -0.4 is 4.90 Å². The monoisotopic (exact) mass is 446 g/mol. The standard InChI is InChI=1S/C23H31FN4O4/c1-5-31-21(29)14-20-25-17-12-16(24)18(13-19(17)28(20)15-6-7-15)26-8-10-27(11-9-26)22(30)32-23(2,3)4/h12-13,15H,5-11,14H2,1-4H3. The Hall–Kier alpha value is -2.84. The van der Waals surface area contributed by atoms with E-state index >= 15 is 4.39 Å². The van der Waals surface area contributed by atoms with Gasteiger partial charge < -0.3 is 23.8 Å². The number of esters is 1. The Morgan fingerprint density at radius 2 is 1.84 bits per heavy atom. The molecule has 0 spiro atoms. The van der Waals surface area contributed by atoms with E-state index in [-0.39, 0.29) is 30.3 Å². The minimum atomic E-state index is -0.548. The number of imidazole rings is 1. The van der Waals surface area contributed by atoms with Crippen molar-refractivity contribution >= 4 is 28.8 Å². The molecule has 32 heavy (non-hydrogen) atoms. The number of carbonyl (C=O) groups excluding carboxylic acids is 2. The van der Waals surface area contributed by atoms with E-state index in [0.717, 1.165) is 18.4 Å². The number of fused-ring (bicyclic) bond motifs is 1. The smallest absolute Gasteiger partial charge is 0.410 e. The number of nitrogens with zero attached hydrogens (tertiary/aromatic N) is 4. The van der Waals surface area contributed by atoms with Crippen molar-refractivity contribution in [1.29, 1.82) is 0 Å². The van der Waals surface area contributed by atoms with Gasteiger partial charge in [-0.15, -0.1) is 0 Å². The van der Waals surface area contributed by atoms with Gasteiger partial charge in [-0.2, -0.15) is 0 Å². The van der Waals surface area contributed by atoms with Crippen molar-refractivity contribution < 1.29 is 23.5 Å². The van der Waals surface area contributed by atoms with Crippen molar-refractivity contribution in [1.82, 2.24) is 14.5 Å². The third kappa shape index (κ3) is 4.81. The normalized spacial score (nSPS) is 17.0. The second kappa shape index (κ2) is 8.60. The maximum atomic E-state index is 15.0. The topological polar surface area (TPSA) is 76.9 Å². The van der Waals surface area contributed by atoms with Crippen LogP contribution in [0.5, 0.6) is 0 Å². The first-order valence-corrected chi connectivity index (χ1v) is 11.2. The molecule has 1 aromatic heterocycles. The summed E-state index contributed by atoms with van der Waals surface area (Å²) in [6.45, 7) is 9.54. The van der Waals surface area contributed by atoms with Crippen LogP contribution in [0.4, 0.5) is 14.9 Å². The van der Waals surface area contributed by atoms with Gasteiger partial charge in [-0.3, -0.25) is 4.79 Å². The summed E-state index contributed by atoms with van der Waals surface area (Å²) >= 11 is 0. The third-order valence-corrected chi connectivity index (χ3v) is 5.62. The Morgan fingerprint density at radius 1 is 1.16 bits per heavy atom. The molecule has 174 valence electrons. The minimum Gasteiger partial charge on any atom is -0.466 e. The lowest BCUT2D eigenvalue weighted by molar-refractivity contribution is -0.142. The second-order valence-electron chi connectivity index (χ2n) is 9.36. The van der Waals surface area contributed by atoms with E-state index in [1.54, 1.807) is 11.8 Å². The van der Waals surface area contributed by atoms with Gasteiger partial charge in [0.2, 0.25) is 0 Å². The molecule has 1 aliphatic carbocycles. The van der Waals surface area contributed by atoms with Gasteiger partial charge in [-0.1, -0.05) is 0 Å². The summed E-state index contributed by atoms with van der Waals surface area (Å²) in [4.78, 5) is 32.5. The first-order valence-electron chi connectivity index (χ1n) is 11.2. The number of piperazine rings is 1. The minimum absolute atomic E-state index is 0.0739. The number of anilines is 1. The number of amides is 1. The molecule has 0 N–H and O–H groups in total. The molecule has 1 saturated heterocycles. The van der Waals surface area contributed by atoms with Crippen LogP contribution in [0.1, 0.15) is 52.4 Å². The van der Waals surface area contributed by atoms with Crippen LogP contribution in [0.3, 0.4) is 0 Å². The van der Waals surface area contributed by atoms with Gasteiger partial charge in [-0.05, 0) is 46.6 Å². The van der Waals surface area contributed by atoms with Crippen molar-refractivity contribution in [2.24, 2.45) is 0 Å². The second-order valence-corrected chi connectivity index (χ2v) is 9.36. The van der Waals surface area contributed by atoms with Crippen LogP contribution in [0, 0.1) is 5.82 Å². The Bertz CT molecular complexity index is 1020. The van der Waals surface area contributed by atoms with Crippen molar-refractivity contribution in [3.8, 4) is 0 Å². The SMILES string of the molecule is CCOC(=O)Cc1nc2cc(F)c(N3CCN(C(=O)OC(C)(C)C)CC3)cc2n1C1CC1. The molecule has 0 unspecified atom stereocenters. The third-order valence-electron chi connectivity index (χ3n) is 5.62. The average molecular weight is 447 g/mol. The molecule has 1 aliphatic heterocycles. The quantitative estimate of drug-likeness (QED) is 0.653. The summed E-state index contributed by atoms with van der Waals surface area (Å²) in [5, 5.41) is 0. The Morgan fingerprint density at radius 3 is 2.44 bits per heavy atom. The fraction of sp³-hybridized carbons (Fsp3) is 0.609. The highest BCUT2D eigenvalue weighted by molar-refractivity contribution is 5.83. The molecule has 2 aliphatic rings. The van der Waals surface area contributed by atoms with Gasteiger partial charge in [0.15, 0.2) is 0 Å². The summed E-state index contributed by atoms with van der Waals surface area (Å²) in [5.74, 6) is -0.0674. The molecule has 1 aromatic carbocycles. The number of rotatable bonds is 5. The number of ether oxygens (including phenoxy) is 2. The van der Waals surface area contributed by atoms with Crippen LogP contribution in [-0.2, 0) is 20.7 Å². The van der Waals surface area contributed by atoms with E-state index in [4.69, 9.17) is 9.47 Å². The highest BCUT2D eigenvalue weighted by atomic mass is 19.1. The zero-order valence-corrected chi connectivity index (χ0v) is 19.2. The van der Waals surface area contributed by atoms with Crippen LogP contribution in [0.15, 0.2) is 12.1 Å². The molecule has 0 atom stereocenters. The van der Waals surface area contributed by atoms with E-state index < -0.39 is 5.60 Å². The van der Waals surface area contributed by atoms with E-state index in [1.165, 1.54) is 6.07 Å². The lowest BCUT2D eigenvalue weighted by atomic mass is 10.2. The zero-order valence-electron chi connectivity index (χ0n) is 19.2. The number of hydrogen-bond acceptors (Lipinski definition) is 6. The van der Waals surface area contributed by atoms with E-state index in [9.17, 15) is 9.59 Å². The average Bonchev–Trinajstić information content (AvgIpc) is 3.48. The number of halogens is 1. The summed E-state index contributed by atoms with van der Waals surface area (Å²) in [6, 6.07) is 3.55. The summed E-state index contributed by atoms with van der Waals surface area (Å²) in [7, 11) is 0. The lowest BCUT2D eigenvalue weighted by Gasteiger charge is -2.36. The fourth-order valence-corrected chi connectivity index (χ4v) is 4.06. The predicted octanol–water partition coefficient (Wildman–Crippen LogP) is 3.67. The molecule has 1 saturated carbocycles. The molecule has 2 aromatic rings. The van der Waals surface area contributed by atoms with Crippen LogP contribution in [0.25, 0.3) is 11.0 Å². The van der Waals surface area contributed by atoms with Crippen molar-refractivity contribution in [3.63, 3.8) is 0 Å². The van der Waals surface area contributed by atoms with E-state index in [0.29, 0.717) is 49.8 Å². The van der Waals surface area contributed by atoms with Gasteiger partial charge >= 0.3 is 12.1 Å². The highest BCUT2D eigenvalue weighted by Crippen LogP contribution is 2.40. The molecule has 9 heteroatoms. The molecular formula is C23H31FN4O4. The summed E-state index contributed by atoms with van der Waals surface area (Å²) in [6.07, 6.45) is 1.76. The molecule has 0 bridgehead atoms. The number of hydrogen-bond donors (Lipinski definition) is 0.